The second-order valence-electron chi connectivity index (χ2n) is 14.0. The SMILES string of the molecule is C#C[C@@H]1C/C=C\[C@@H](C)[C@@H](NC(=O)C2[C@@H]3OCC[C@@H](CC(C)C)C[C@H]3CN2C(=O)OC(C)(C)C)[C@H]2O[C@H](S1)[C@H](O)[C@@H](O)[C@H]2O. The molecular weight excluding hydrogens is 572 g/mol. The fourth-order valence-electron chi connectivity index (χ4n) is 6.84. The van der Waals surface area contributed by atoms with Crippen LogP contribution in [0.25, 0.3) is 0 Å². The quantitative estimate of drug-likeness (QED) is 0.276. The normalized spacial score (nSPS) is 41.0. The third-order valence-electron chi connectivity index (χ3n) is 8.83. The van der Waals surface area contributed by atoms with Crippen molar-refractivity contribution >= 4 is 23.8 Å². The summed E-state index contributed by atoms with van der Waals surface area (Å²) in [5.41, 5.74) is -1.65. The highest BCUT2D eigenvalue weighted by Crippen LogP contribution is 2.39. The first-order valence-electron chi connectivity index (χ1n) is 15.6. The summed E-state index contributed by atoms with van der Waals surface area (Å²) in [6.45, 7) is 12.5. The Hall–Kier alpha value is -1.81. The minimum absolute atomic E-state index is 0.0362. The van der Waals surface area contributed by atoms with Gasteiger partial charge in [-0.1, -0.05) is 38.8 Å². The minimum Gasteiger partial charge on any atom is -0.444 e. The standard InChI is InChI=1S/C32H50N2O8S/c1-8-21-11-9-10-18(4)22(28-25(36)24(35)26(37)30(41-28)43-21)33-29(38)23-27-20(15-19(12-13-40-27)14-17(2)3)16-34(23)31(39)42-32(5,6)7/h1,9-10,17-28,30,35-37H,11-16H2,2-7H3,(H,33,38)/b10-9-/t18-,19+,20+,21-,22-,23?,24+,25-,26-,27-,28-,30-/m1/s1. The van der Waals surface area contributed by atoms with Crippen LogP contribution in [0.4, 0.5) is 4.79 Å². The maximum absolute atomic E-state index is 14.3. The topological polar surface area (TPSA) is 138 Å². The van der Waals surface area contributed by atoms with Crippen molar-refractivity contribution in [2.75, 3.05) is 13.2 Å². The van der Waals surface area contributed by atoms with Crippen LogP contribution in [-0.2, 0) is 19.0 Å². The number of nitrogens with one attached hydrogen (secondary N) is 1. The van der Waals surface area contributed by atoms with Gasteiger partial charge < -0.3 is 34.8 Å². The molecule has 4 aliphatic heterocycles. The van der Waals surface area contributed by atoms with Crippen LogP contribution in [0.1, 0.15) is 67.2 Å². The number of aliphatic hydroxyl groups is 3. The molecule has 4 rings (SSSR count). The smallest absolute Gasteiger partial charge is 0.411 e. The molecule has 4 N–H and O–H groups in total. The lowest BCUT2D eigenvalue weighted by Gasteiger charge is -2.45. The third-order valence-corrected chi connectivity index (χ3v) is 10.1. The maximum Gasteiger partial charge on any atom is 0.411 e. The Morgan fingerprint density at radius 2 is 1.91 bits per heavy atom. The van der Waals surface area contributed by atoms with Crippen LogP contribution in [0, 0.1) is 36.0 Å². The predicted octanol–water partition coefficient (Wildman–Crippen LogP) is 2.69. The summed E-state index contributed by atoms with van der Waals surface area (Å²) >= 11 is 1.20. The number of carbonyl (C=O) groups excluding carboxylic acids is 2. The average molecular weight is 623 g/mol. The van der Waals surface area contributed by atoms with Gasteiger partial charge in [0.1, 0.15) is 41.5 Å². The fourth-order valence-corrected chi connectivity index (χ4v) is 7.98. The lowest BCUT2D eigenvalue weighted by molar-refractivity contribution is -0.207. The van der Waals surface area contributed by atoms with E-state index in [1.54, 1.807) is 20.8 Å². The number of carbonyl (C=O) groups is 2. The van der Waals surface area contributed by atoms with E-state index in [-0.39, 0.29) is 17.1 Å². The number of ether oxygens (including phenoxy) is 3. The number of hydrogen-bond donors (Lipinski definition) is 4. The van der Waals surface area contributed by atoms with Gasteiger partial charge in [-0.05, 0) is 64.2 Å². The monoisotopic (exact) mass is 622 g/mol. The van der Waals surface area contributed by atoms with Crippen LogP contribution in [0.15, 0.2) is 12.2 Å². The highest BCUT2D eigenvalue weighted by atomic mass is 32.2. The summed E-state index contributed by atoms with van der Waals surface area (Å²) in [6.07, 6.45) is 6.36. The van der Waals surface area contributed by atoms with E-state index in [9.17, 15) is 24.9 Å². The summed E-state index contributed by atoms with van der Waals surface area (Å²) in [6, 6.07) is -1.73. The molecule has 10 nitrogen and oxygen atoms in total. The second-order valence-corrected chi connectivity index (χ2v) is 15.3. The molecule has 0 radical (unpaired) electrons. The van der Waals surface area contributed by atoms with Crippen LogP contribution in [0.3, 0.4) is 0 Å². The van der Waals surface area contributed by atoms with E-state index in [0.29, 0.717) is 31.4 Å². The number of hydrogen-bond acceptors (Lipinski definition) is 9. The molecule has 2 amide bonds. The molecule has 12 atom stereocenters. The maximum atomic E-state index is 14.3. The Balaban J connectivity index is 1.64. The van der Waals surface area contributed by atoms with E-state index >= 15 is 0 Å². The molecule has 0 aromatic heterocycles. The van der Waals surface area contributed by atoms with Crippen molar-refractivity contribution in [1.29, 1.82) is 0 Å². The Morgan fingerprint density at radius 3 is 2.56 bits per heavy atom. The zero-order valence-electron chi connectivity index (χ0n) is 26.2. The van der Waals surface area contributed by atoms with Crippen molar-refractivity contribution in [1.82, 2.24) is 10.2 Å². The first kappa shape index (κ1) is 34.1. The number of rotatable bonds is 4. The molecule has 43 heavy (non-hydrogen) atoms. The second kappa shape index (κ2) is 14.1. The van der Waals surface area contributed by atoms with Crippen molar-refractivity contribution in [2.24, 2.45) is 23.7 Å². The van der Waals surface area contributed by atoms with E-state index in [1.165, 1.54) is 16.7 Å². The summed E-state index contributed by atoms with van der Waals surface area (Å²) in [5.74, 6) is 2.83. The van der Waals surface area contributed by atoms with Gasteiger partial charge in [-0.15, -0.1) is 18.2 Å². The van der Waals surface area contributed by atoms with Crippen molar-refractivity contribution in [3.05, 3.63) is 12.2 Å². The Morgan fingerprint density at radius 1 is 1.19 bits per heavy atom. The van der Waals surface area contributed by atoms with Crippen LogP contribution in [-0.4, -0.2) is 104 Å². The van der Waals surface area contributed by atoms with Gasteiger partial charge in [0.15, 0.2) is 0 Å². The van der Waals surface area contributed by atoms with E-state index in [0.717, 1.165) is 19.3 Å². The largest absolute Gasteiger partial charge is 0.444 e. The number of fused-ring (bicyclic) bond motifs is 3. The van der Waals surface area contributed by atoms with Crippen LogP contribution < -0.4 is 5.32 Å². The molecule has 3 saturated heterocycles. The lowest BCUT2D eigenvalue weighted by Crippen LogP contribution is -2.65. The third kappa shape index (κ3) is 8.08. The number of allylic oxidation sites excluding steroid dienone is 1. The first-order chi connectivity index (χ1) is 20.2. The van der Waals surface area contributed by atoms with Gasteiger partial charge >= 0.3 is 6.09 Å². The Labute approximate surface area is 260 Å². The van der Waals surface area contributed by atoms with Gasteiger partial charge in [0.2, 0.25) is 5.91 Å². The number of nitrogens with zero attached hydrogens (tertiary/aromatic N) is 1. The van der Waals surface area contributed by atoms with Gasteiger partial charge in [0.25, 0.3) is 0 Å². The number of terminal acetylenes is 1. The molecule has 11 heteroatoms. The molecule has 4 aliphatic rings. The van der Waals surface area contributed by atoms with Crippen LogP contribution in [0.2, 0.25) is 0 Å². The summed E-state index contributed by atoms with van der Waals surface area (Å²) < 4.78 is 18.2. The average Bonchev–Trinajstić information content (AvgIpc) is 3.16. The molecule has 0 saturated carbocycles. The van der Waals surface area contributed by atoms with Gasteiger partial charge in [-0.3, -0.25) is 9.69 Å². The zero-order chi connectivity index (χ0) is 31.6. The van der Waals surface area contributed by atoms with E-state index < -0.39 is 65.6 Å². The molecule has 1 unspecified atom stereocenters. The van der Waals surface area contributed by atoms with Crippen LogP contribution in [0.5, 0.6) is 0 Å². The molecule has 0 aromatic carbocycles. The van der Waals surface area contributed by atoms with Crippen molar-refractivity contribution in [3.8, 4) is 12.3 Å². The highest BCUT2D eigenvalue weighted by molar-refractivity contribution is 8.00. The van der Waals surface area contributed by atoms with Gasteiger partial charge in [0, 0.05) is 19.1 Å². The van der Waals surface area contributed by atoms with E-state index in [1.807, 2.05) is 19.1 Å². The highest BCUT2D eigenvalue weighted by Gasteiger charge is 2.53. The molecule has 242 valence electrons. The number of likely N-dealkylation sites (tertiary alicyclic amines) is 1. The van der Waals surface area contributed by atoms with Crippen molar-refractivity contribution < 1.29 is 39.1 Å². The summed E-state index contributed by atoms with van der Waals surface area (Å²) in [7, 11) is 0. The lowest BCUT2D eigenvalue weighted by atomic mass is 9.85. The molecule has 2 bridgehead atoms. The molecule has 4 heterocycles. The van der Waals surface area contributed by atoms with Gasteiger partial charge in [-0.25, -0.2) is 4.79 Å². The van der Waals surface area contributed by atoms with E-state index in [4.69, 9.17) is 20.6 Å². The fraction of sp³-hybridized carbons (Fsp3) is 0.812. The Kier molecular flexibility index (Phi) is 11.2. The number of amides is 2. The summed E-state index contributed by atoms with van der Waals surface area (Å²) in [4.78, 5) is 29.3. The van der Waals surface area contributed by atoms with Crippen molar-refractivity contribution in [2.45, 2.75) is 126 Å². The number of aliphatic hydroxyl groups excluding tert-OH is 3. The molecule has 0 aromatic rings. The Bertz CT molecular complexity index is 1060. The first-order valence-corrected chi connectivity index (χ1v) is 16.5. The molecule has 3 fully saturated rings. The molecular formula is C32H50N2O8S. The minimum atomic E-state index is -1.50. The van der Waals surface area contributed by atoms with E-state index in [2.05, 4.69) is 25.1 Å². The summed E-state index contributed by atoms with van der Waals surface area (Å²) in [5, 5.41) is 35.3. The van der Waals surface area contributed by atoms with Crippen LogP contribution >= 0.6 is 11.8 Å². The van der Waals surface area contributed by atoms with Crippen molar-refractivity contribution in [3.63, 3.8) is 0 Å². The van der Waals surface area contributed by atoms with Gasteiger partial charge in [-0.2, -0.15) is 0 Å². The zero-order valence-corrected chi connectivity index (χ0v) is 27.0. The number of thioether (sulfide) groups is 1. The van der Waals surface area contributed by atoms with Gasteiger partial charge in [0.05, 0.1) is 17.4 Å². The molecule has 0 spiro atoms. The molecule has 0 aliphatic carbocycles. The predicted molar refractivity (Wildman–Crippen MR) is 164 cm³/mol.